The van der Waals surface area contributed by atoms with Crippen LogP contribution in [0.3, 0.4) is 0 Å². The number of para-hydroxylation sites is 1. The summed E-state index contributed by atoms with van der Waals surface area (Å²) in [5.74, 6) is 1.65. The highest BCUT2D eigenvalue weighted by atomic mass is 16.3. The molecule has 0 spiro atoms. The van der Waals surface area contributed by atoms with E-state index in [-0.39, 0.29) is 0 Å². The first-order valence-electron chi connectivity index (χ1n) is 5.78. The van der Waals surface area contributed by atoms with Crippen molar-refractivity contribution >= 4 is 22.6 Å². The van der Waals surface area contributed by atoms with Crippen molar-refractivity contribution in [1.82, 2.24) is 9.97 Å². The second kappa shape index (κ2) is 4.14. The molecule has 2 aromatic heterocycles. The van der Waals surface area contributed by atoms with Crippen LogP contribution in [0.5, 0.6) is 0 Å². The van der Waals surface area contributed by atoms with Crippen molar-refractivity contribution in [2.45, 2.75) is 13.8 Å². The maximum Gasteiger partial charge on any atom is 0.231 e. The Morgan fingerprint density at radius 2 is 1.83 bits per heavy atom. The zero-order valence-electron chi connectivity index (χ0n) is 10.3. The Morgan fingerprint density at radius 1 is 1.06 bits per heavy atom. The van der Waals surface area contributed by atoms with Gasteiger partial charge in [-0.25, -0.2) is 9.97 Å². The second-order valence-electron chi connectivity index (χ2n) is 4.18. The van der Waals surface area contributed by atoms with E-state index >= 15 is 0 Å². The topological polar surface area (TPSA) is 51.0 Å². The number of nitrogens with one attached hydrogen (secondary N) is 1. The highest BCUT2D eigenvalue weighted by Crippen LogP contribution is 2.29. The monoisotopic (exact) mass is 239 g/mol. The number of aromatic nitrogens is 2. The zero-order valence-corrected chi connectivity index (χ0v) is 10.3. The SMILES string of the molecule is Cc1oc2ncnc(Nc3ccccc3)c2c1C. The van der Waals surface area contributed by atoms with Gasteiger partial charge in [0.25, 0.3) is 0 Å². The number of fused-ring (bicyclic) bond motifs is 1. The third-order valence-electron chi connectivity index (χ3n) is 3.00. The summed E-state index contributed by atoms with van der Waals surface area (Å²) in [6.07, 6.45) is 1.51. The van der Waals surface area contributed by atoms with Gasteiger partial charge in [-0.1, -0.05) is 18.2 Å². The predicted molar refractivity (Wildman–Crippen MR) is 71.0 cm³/mol. The molecule has 0 aliphatic heterocycles. The average Bonchev–Trinajstić information content (AvgIpc) is 2.67. The van der Waals surface area contributed by atoms with Gasteiger partial charge in [0.15, 0.2) is 0 Å². The molecule has 0 unspecified atom stereocenters. The van der Waals surface area contributed by atoms with Gasteiger partial charge in [-0.15, -0.1) is 0 Å². The van der Waals surface area contributed by atoms with Crippen LogP contribution in [-0.2, 0) is 0 Å². The number of hydrogen-bond donors (Lipinski definition) is 1. The lowest BCUT2D eigenvalue weighted by molar-refractivity contribution is 0.564. The van der Waals surface area contributed by atoms with E-state index < -0.39 is 0 Å². The summed E-state index contributed by atoms with van der Waals surface area (Å²) in [5.41, 5.74) is 2.69. The molecule has 0 radical (unpaired) electrons. The summed E-state index contributed by atoms with van der Waals surface area (Å²) in [6.45, 7) is 3.95. The Hall–Kier alpha value is -2.36. The van der Waals surface area contributed by atoms with Crippen LogP contribution in [0.15, 0.2) is 41.1 Å². The summed E-state index contributed by atoms with van der Waals surface area (Å²) < 4.78 is 5.59. The number of anilines is 2. The van der Waals surface area contributed by atoms with Crippen molar-refractivity contribution in [2.75, 3.05) is 5.32 Å². The minimum absolute atomic E-state index is 0.624. The van der Waals surface area contributed by atoms with Gasteiger partial charge in [0.05, 0.1) is 5.39 Å². The number of rotatable bonds is 2. The van der Waals surface area contributed by atoms with Crippen LogP contribution in [0, 0.1) is 13.8 Å². The van der Waals surface area contributed by atoms with Crippen LogP contribution in [0.4, 0.5) is 11.5 Å². The van der Waals surface area contributed by atoms with E-state index in [1.807, 2.05) is 44.2 Å². The molecule has 0 aliphatic carbocycles. The third-order valence-corrected chi connectivity index (χ3v) is 3.00. The fourth-order valence-corrected chi connectivity index (χ4v) is 1.94. The molecule has 0 bridgehead atoms. The number of nitrogens with zero attached hydrogens (tertiary/aromatic N) is 2. The van der Waals surface area contributed by atoms with Crippen LogP contribution in [0.1, 0.15) is 11.3 Å². The number of aryl methyl sites for hydroxylation is 2. The van der Waals surface area contributed by atoms with E-state index in [9.17, 15) is 0 Å². The summed E-state index contributed by atoms with van der Waals surface area (Å²) in [4.78, 5) is 8.44. The van der Waals surface area contributed by atoms with Crippen molar-refractivity contribution in [3.8, 4) is 0 Å². The van der Waals surface area contributed by atoms with Gasteiger partial charge in [0, 0.05) is 11.3 Å². The molecule has 3 rings (SSSR count). The van der Waals surface area contributed by atoms with E-state index in [0.717, 1.165) is 28.2 Å². The molecule has 90 valence electrons. The molecule has 18 heavy (non-hydrogen) atoms. The smallest absolute Gasteiger partial charge is 0.231 e. The summed E-state index contributed by atoms with van der Waals surface area (Å²) >= 11 is 0. The molecular weight excluding hydrogens is 226 g/mol. The zero-order chi connectivity index (χ0) is 12.5. The van der Waals surface area contributed by atoms with Crippen molar-refractivity contribution in [3.63, 3.8) is 0 Å². The second-order valence-corrected chi connectivity index (χ2v) is 4.18. The minimum Gasteiger partial charge on any atom is -0.443 e. The fraction of sp³-hybridized carbons (Fsp3) is 0.143. The van der Waals surface area contributed by atoms with Crippen LogP contribution in [0.2, 0.25) is 0 Å². The predicted octanol–water partition coefficient (Wildman–Crippen LogP) is 3.58. The summed E-state index contributed by atoms with van der Waals surface area (Å²) in [7, 11) is 0. The van der Waals surface area contributed by atoms with Gasteiger partial charge in [0.1, 0.15) is 17.9 Å². The number of hydrogen-bond acceptors (Lipinski definition) is 4. The molecule has 0 amide bonds. The lowest BCUT2D eigenvalue weighted by Gasteiger charge is -2.05. The van der Waals surface area contributed by atoms with Crippen LogP contribution in [-0.4, -0.2) is 9.97 Å². The summed E-state index contributed by atoms with van der Waals surface area (Å²) in [5, 5.41) is 4.23. The first-order chi connectivity index (χ1) is 8.75. The van der Waals surface area contributed by atoms with Crippen molar-refractivity contribution < 1.29 is 4.42 Å². The van der Waals surface area contributed by atoms with Gasteiger partial charge in [-0.3, -0.25) is 0 Å². The van der Waals surface area contributed by atoms with Crippen LogP contribution < -0.4 is 5.32 Å². The molecule has 1 aromatic carbocycles. The van der Waals surface area contributed by atoms with Crippen LogP contribution in [0.25, 0.3) is 11.1 Å². The number of furan rings is 1. The first kappa shape index (κ1) is 10.8. The van der Waals surface area contributed by atoms with Gasteiger partial charge < -0.3 is 9.73 Å². The van der Waals surface area contributed by atoms with Crippen molar-refractivity contribution in [1.29, 1.82) is 0 Å². The Kier molecular flexibility index (Phi) is 2.48. The maximum absolute atomic E-state index is 5.59. The van der Waals surface area contributed by atoms with Crippen molar-refractivity contribution in [2.24, 2.45) is 0 Å². The molecular formula is C14H13N3O. The quantitative estimate of drug-likeness (QED) is 0.742. The molecule has 4 nitrogen and oxygen atoms in total. The Bertz CT molecular complexity index is 689. The van der Waals surface area contributed by atoms with Gasteiger partial charge in [-0.2, -0.15) is 0 Å². The molecule has 3 aromatic rings. The van der Waals surface area contributed by atoms with E-state index in [0.29, 0.717) is 5.71 Å². The summed E-state index contributed by atoms with van der Waals surface area (Å²) in [6, 6.07) is 9.93. The molecule has 2 heterocycles. The highest BCUT2D eigenvalue weighted by Gasteiger charge is 2.13. The van der Waals surface area contributed by atoms with Crippen molar-refractivity contribution in [3.05, 3.63) is 48.0 Å². The molecule has 0 saturated carbocycles. The van der Waals surface area contributed by atoms with E-state index in [1.165, 1.54) is 6.33 Å². The van der Waals surface area contributed by atoms with Gasteiger partial charge in [-0.05, 0) is 26.0 Å². The van der Waals surface area contributed by atoms with E-state index in [1.54, 1.807) is 0 Å². The molecule has 0 atom stereocenters. The molecule has 0 fully saturated rings. The van der Waals surface area contributed by atoms with Gasteiger partial charge in [0.2, 0.25) is 5.71 Å². The minimum atomic E-state index is 0.624. The molecule has 0 aliphatic rings. The first-order valence-corrected chi connectivity index (χ1v) is 5.78. The Morgan fingerprint density at radius 3 is 2.61 bits per heavy atom. The van der Waals surface area contributed by atoms with E-state index in [2.05, 4.69) is 15.3 Å². The Balaban J connectivity index is 2.12. The number of benzene rings is 1. The molecule has 4 heteroatoms. The molecule has 0 saturated heterocycles. The highest BCUT2D eigenvalue weighted by molar-refractivity contribution is 5.91. The largest absolute Gasteiger partial charge is 0.443 e. The van der Waals surface area contributed by atoms with Gasteiger partial charge >= 0.3 is 0 Å². The normalized spacial score (nSPS) is 10.8. The Labute approximate surface area is 105 Å². The standard InChI is InChI=1S/C14H13N3O/c1-9-10(2)18-14-12(9)13(15-8-16-14)17-11-6-4-3-5-7-11/h3-8H,1-2H3,(H,15,16,17). The fourth-order valence-electron chi connectivity index (χ4n) is 1.94. The molecule has 1 N–H and O–H groups in total. The van der Waals surface area contributed by atoms with E-state index in [4.69, 9.17) is 4.42 Å². The average molecular weight is 239 g/mol. The lowest BCUT2D eigenvalue weighted by Crippen LogP contribution is -1.95. The third kappa shape index (κ3) is 1.72. The maximum atomic E-state index is 5.59. The van der Waals surface area contributed by atoms with Crippen LogP contribution >= 0.6 is 0 Å². The lowest BCUT2D eigenvalue weighted by atomic mass is 10.2.